The van der Waals surface area contributed by atoms with Crippen molar-refractivity contribution in [2.45, 2.75) is 53.0 Å². The molecule has 4 nitrogen and oxygen atoms in total. The number of nitrogens with zero attached hydrogens (tertiary/aromatic N) is 1. The van der Waals surface area contributed by atoms with Crippen LogP contribution in [0.3, 0.4) is 0 Å². The van der Waals surface area contributed by atoms with Gasteiger partial charge in [0.15, 0.2) is 0 Å². The molecular formula is C15H26N2O2. The summed E-state index contributed by atoms with van der Waals surface area (Å²) in [5.74, 6) is 1.42. The quantitative estimate of drug-likeness (QED) is 0.846. The topological polar surface area (TPSA) is 49.4 Å². The maximum Gasteiger partial charge on any atom is 0.245 e. The third kappa shape index (κ3) is 3.48. The first-order chi connectivity index (χ1) is 8.79. The van der Waals surface area contributed by atoms with Crippen LogP contribution in [0, 0.1) is 17.3 Å². The van der Waals surface area contributed by atoms with E-state index in [-0.39, 0.29) is 17.2 Å². The van der Waals surface area contributed by atoms with E-state index in [9.17, 15) is 9.59 Å². The fourth-order valence-electron chi connectivity index (χ4n) is 2.75. The molecule has 2 atom stereocenters. The van der Waals surface area contributed by atoms with E-state index in [0.29, 0.717) is 18.9 Å². The Morgan fingerprint density at radius 2 is 1.95 bits per heavy atom. The van der Waals surface area contributed by atoms with Gasteiger partial charge in [-0.25, -0.2) is 0 Å². The lowest BCUT2D eigenvalue weighted by molar-refractivity contribution is -0.137. The van der Waals surface area contributed by atoms with Crippen molar-refractivity contribution in [1.29, 1.82) is 0 Å². The molecule has 19 heavy (non-hydrogen) atoms. The summed E-state index contributed by atoms with van der Waals surface area (Å²) in [6, 6.07) is -0.395. The van der Waals surface area contributed by atoms with E-state index in [1.54, 1.807) is 0 Å². The van der Waals surface area contributed by atoms with E-state index in [2.05, 4.69) is 12.2 Å². The van der Waals surface area contributed by atoms with Gasteiger partial charge in [0.1, 0.15) is 6.04 Å². The summed E-state index contributed by atoms with van der Waals surface area (Å²) < 4.78 is 0. The Labute approximate surface area is 115 Å². The highest BCUT2D eigenvalue weighted by Gasteiger charge is 2.39. The molecule has 0 aromatic carbocycles. The Kier molecular flexibility index (Phi) is 3.88. The first kappa shape index (κ1) is 14.4. The maximum atomic E-state index is 12.6. The highest BCUT2D eigenvalue weighted by Crippen LogP contribution is 2.37. The number of nitrogens with one attached hydrogen (secondary N) is 1. The van der Waals surface area contributed by atoms with Gasteiger partial charge in [0, 0.05) is 19.5 Å². The van der Waals surface area contributed by atoms with Gasteiger partial charge in [-0.2, -0.15) is 0 Å². The van der Waals surface area contributed by atoms with Crippen LogP contribution < -0.4 is 5.32 Å². The van der Waals surface area contributed by atoms with Gasteiger partial charge in [-0.05, 0) is 30.1 Å². The summed E-state index contributed by atoms with van der Waals surface area (Å²) >= 11 is 0. The van der Waals surface area contributed by atoms with Crippen molar-refractivity contribution in [3.63, 3.8) is 0 Å². The summed E-state index contributed by atoms with van der Waals surface area (Å²) in [6.07, 6.45) is 3.02. The second kappa shape index (κ2) is 5.14. The summed E-state index contributed by atoms with van der Waals surface area (Å²) in [5, 5.41) is 2.89. The van der Waals surface area contributed by atoms with Gasteiger partial charge in [0.2, 0.25) is 11.8 Å². The Morgan fingerprint density at radius 3 is 2.47 bits per heavy atom. The minimum Gasteiger partial charge on any atom is -0.344 e. The molecule has 1 aliphatic carbocycles. The number of hydrogen-bond acceptors (Lipinski definition) is 2. The Bertz CT molecular complexity index is 369. The van der Waals surface area contributed by atoms with Crippen LogP contribution in [0.2, 0.25) is 0 Å². The molecule has 108 valence electrons. The average molecular weight is 266 g/mol. The molecule has 4 heteroatoms. The highest BCUT2D eigenvalue weighted by atomic mass is 16.2. The first-order valence-electron chi connectivity index (χ1n) is 7.37. The largest absolute Gasteiger partial charge is 0.344 e. The third-order valence-electron chi connectivity index (χ3n) is 4.27. The Morgan fingerprint density at radius 1 is 1.32 bits per heavy atom. The molecule has 2 unspecified atom stereocenters. The lowest BCUT2D eigenvalue weighted by atomic mass is 9.86. The molecule has 0 radical (unpaired) electrons. The van der Waals surface area contributed by atoms with Crippen LogP contribution in [0.25, 0.3) is 0 Å². The Balaban J connectivity index is 2.09. The SMILES string of the molecule is CC(CN1CCC(=O)NC(C(C)(C)C)C1=O)C1CC1. The summed E-state index contributed by atoms with van der Waals surface area (Å²) in [5.41, 5.74) is -0.238. The van der Waals surface area contributed by atoms with Gasteiger partial charge in [-0.1, -0.05) is 27.7 Å². The molecule has 2 aliphatic rings. The number of hydrogen-bond donors (Lipinski definition) is 1. The van der Waals surface area contributed by atoms with E-state index >= 15 is 0 Å². The third-order valence-corrected chi connectivity index (χ3v) is 4.27. The molecule has 1 saturated heterocycles. The zero-order valence-electron chi connectivity index (χ0n) is 12.5. The normalized spacial score (nSPS) is 26.9. The highest BCUT2D eigenvalue weighted by molar-refractivity contribution is 5.90. The summed E-state index contributed by atoms with van der Waals surface area (Å²) in [4.78, 5) is 26.3. The fraction of sp³-hybridized carbons (Fsp3) is 0.867. The van der Waals surface area contributed by atoms with E-state index in [1.165, 1.54) is 12.8 Å². The van der Waals surface area contributed by atoms with Gasteiger partial charge in [0.25, 0.3) is 0 Å². The number of rotatable bonds is 3. The molecule has 0 aromatic rings. The van der Waals surface area contributed by atoms with Crippen LogP contribution in [-0.4, -0.2) is 35.8 Å². The predicted molar refractivity (Wildman–Crippen MR) is 74.5 cm³/mol. The summed E-state index contributed by atoms with van der Waals surface area (Å²) in [6.45, 7) is 9.59. The van der Waals surface area contributed by atoms with E-state index in [0.717, 1.165) is 12.5 Å². The predicted octanol–water partition coefficient (Wildman–Crippen LogP) is 1.80. The van der Waals surface area contributed by atoms with Crippen molar-refractivity contribution in [2.24, 2.45) is 17.3 Å². The van der Waals surface area contributed by atoms with Crippen molar-refractivity contribution < 1.29 is 9.59 Å². The molecule has 2 fully saturated rings. The second-order valence-electron chi connectivity index (χ2n) is 7.22. The fourth-order valence-corrected chi connectivity index (χ4v) is 2.75. The van der Waals surface area contributed by atoms with E-state index in [4.69, 9.17) is 0 Å². The minimum atomic E-state index is -0.395. The molecule has 1 N–H and O–H groups in total. The summed E-state index contributed by atoms with van der Waals surface area (Å²) in [7, 11) is 0. The molecule has 0 bridgehead atoms. The lowest BCUT2D eigenvalue weighted by Gasteiger charge is -2.33. The number of carbonyl (C=O) groups is 2. The molecule has 0 spiro atoms. The Hall–Kier alpha value is -1.06. The molecule has 2 amide bonds. The van der Waals surface area contributed by atoms with Crippen molar-refractivity contribution in [2.75, 3.05) is 13.1 Å². The lowest BCUT2D eigenvalue weighted by Crippen LogP contribution is -2.52. The zero-order valence-corrected chi connectivity index (χ0v) is 12.5. The van der Waals surface area contributed by atoms with Gasteiger partial charge < -0.3 is 10.2 Å². The van der Waals surface area contributed by atoms with Crippen LogP contribution in [0.1, 0.15) is 47.0 Å². The molecule has 2 rings (SSSR count). The van der Waals surface area contributed by atoms with Crippen molar-refractivity contribution in [3.8, 4) is 0 Å². The van der Waals surface area contributed by atoms with Crippen molar-refractivity contribution in [1.82, 2.24) is 10.2 Å². The molecule has 1 aliphatic heterocycles. The van der Waals surface area contributed by atoms with Crippen LogP contribution in [0.4, 0.5) is 0 Å². The standard InChI is InChI=1S/C15H26N2O2/c1-10(11-5-6-11)9-17-8-7-12(18)16-13(14(17)19)15(2,3)4/h10-11,13H,5-9H2,1-4H3,(H,16,18). The van der Waals surface area contributed by atoms with Gasteiger partial charge >= 0.3 is 0 Å². The monoisotopic (exact) mass is 266 g/mol. The smallest absolute Gasteiger partial charge is 0.245 e. The van der Waals surface area contributed by atoms with Crippen LogP contribution in [0.15, 0.2) is 0 Å². The number of carbonyl (C=O) groups excluding carboxylic acids is 2. The van der Waals surface area contributed by atoms with Crippen molar-refractivity contribution in [3.05, 3.63) is 0 Å². The van der Waals surface area contributed by atoms with Crippen LogP contribution in [-0.2, 0) is 9.59 Å². The van der Waals surface area contributed by atoms with Gasteiger partial charge in [0.05, 0.1) is 0 Å². The van der Waals surface area contributed by atoms with Gasteiger partial charge in [-0.3, -0.25) is 9.59 Å². The zero-order chi connectivity index (χ0) is 14.2. The molecular weight excluding hydrogens is 240 g/mol. The molecule has 1 saturated carbocycles. The number of amides is 2. The maximum absolute atomic E-state index is 12.6. The average Bonchev–Trinajstić information content (AvgIpc) is 3.11. The first-order valence-corrected chi connectivity index (χ1v) is 7.37. The molecule has 1 heterocycles. The van der Waals surface area contributed by atoms with Crippen molar-refractivity contribution >= 4 is 11.8 Å². The minimum absolute atomic E-state index is 0.00477. The van der Waals surface area contributed by atoms with Crippen LogP contribution in [0.5, 0.6) is 0 Å². The second-order valence-corrected chi connectivity index (χ2v) is 7.22. The van der Waals surface area contributed by atoms with Gasteiger partial charge in [-0.15, -0.1) is 0 Å². The molecule has 0 aromatic heterocycles. The van der Waals surface area contributed by atoms with Crippen LogP contribution >= 0.6 is 0 Å². The van der Waals surface area contributed by atoms with E-state index < -0.39 is 6.04 Å². The van der Waals surface area contributed by atoms with E-state index in [1.807, 2.05) is 25.7 Å².